The second kappa shape index (κ2) is 10.3. The number of aromatic amines is 1. The van der Waals surface area contributed by atoms with E-state index in [2.05, 4.69) is 4.98 Å². The number of carbonyl (C=O) groups is 3. The number of rotatable bonds is 9. The number of carbonyl (C=O) groups excluding carboxylic acids is 3. The monoisotopic (exact) mass is 482 g/mol. The highest BCUT2D eigenvalue weighted by Crippen LogP contribution is 2.23. The van der Waals surface area contributed by atoms with E-state index in [4.69, 9.17) is 9.47 Å². The Hall–Kier alpha value is -3.05. The highest BCUT2D eigenvalue weighted by atomic mass is 32.2. The number of hydrogen-bond donors (Lipinski definition) is 1. The van der Waals surface area contributed by atoms with Crippen molar-refractivity contribution in [2.24, 2.45) is 0 Å². The number of methoxy groups -OCH3 is 1. The van der Waals surface area contributed by atoms with Crippen molar-refractivity contribution in [2.45, 2.75) is 45.6 Å². The molecule has 1 atom stereocenters. The van der Waals surface area contributed by atoms with Crippen molar-refractivity contribution in [3.05, 3.63) is 52.1 Å². The van der Waals surface area contributed by atoms with Crippen LogP contribution < -0.4 is 0 Å². The van der Waals surface area contributed by atoms with Crippen LogP contribution in [-0.2, 0) is 19.5 Å². The molecule has 33 heavy (non-hydrogen) atoms. The van der Waals surface area contributed by atoms with Gasteiger partial charge in [0.2, 0.25) is 15.8 Å². The molecule has 0 spiro atoms. The van der Waals surface area contributed by atoms with Crippen LogP contribution in [0.15, 0.2) is 23.1 Å². The fraction of sp³-hybridized carbons (Fsp3) is 0.409. The van der Waals surface area contributed by atoms with Crippen LogP contribution in [0.2, 0.25) is 0 Å². The number of ketones is 1. The number of nitrogens with one attached hydrogen (secondary N) is 1. The summed E-state index contributed by atoms with van der Waals surface area (Å²) in [4.78, 5) is 39.5. The summed E-state index contributed by atoms with van der Waals surface area (Å²) in [7, 11) is -2.94. The maximum absolute atomic E-state index is 14.3. The van der Waals surface area contributed by atoms with E-state index in [1.807, 2.05) is 0 Å². The van der Waals surface area contributed by atoms with E-state index in [0.29, 0.717) is 11.3 Å². The molecule has 0 saturated carbocycles. The van der Waals surface area contributed by atoms with Gasteiger partial charge in [0.05, 0.1) is 23.9 Å². The summed E-state index contributed by atoms with van der Waals surface area (Å²) in [6.07, 6.45) is -1.27. The number of ether oxygens (including phenoxy) is 2. The maximum atomic E-state index is 14.3. The highest BCUT2D eigenvalue weighted by Gasteiger charge is 2.30. The van der Waals surface area contributed by atoms with Crippen molar-refractivity contribution >= 4 is 27.7 Å². The van der Waals surface area contributed by atoms with Gasteiger partial charge < -0.3 is 14.5 Å². The highest BCUT2D eigenvalue weighted by molar-refractivity contribution is 7.89. The Morgan fingerprint density at radius 3 is 2.27 bits per heavy atom. The number of Topliss-reactive ketones (excluding diaryl/α,β-unsaturated/α-hetero) is 1. The lowest BCUT2D eigenvalue weighted by molar-refractivity contribution is 0.0316. The van der Waals surface area contributed by atoms with Gasteiger partial charge >= 0.3 is 11.9 Å². The summed E-state index contributed by atoms with van der Waals surface area (Å²) in [5.41, 5.74) is 0.838. The Kier molecular flexibility index (Phi) is 8.15. The fourth-order valence-electron chi connectivity index (χ4n) is 3.42. The standard InChI is InChI=1S/C22H27FN2O7S/c1-7-25(8-2)33(29,30)17-11-15(9-10-16(17)23)21(27)32-14(5)20(26)19-12(3)18(13(4)24-19)22(28)31-6/h9-11,14,24H,7-8H2,1-6H3. The first kappa shape index (κ1) is 26.2. The first-order valence-corrected chi connectivity index (χ1v) is 11.7. The van der Waals surface area contributed by atoms with Crippen molar-refractivity contribution in [2.75, 3.05) is 20.2 Å². The molecule has 0 aliphatic carbocycles. The topological polar surface area (TPSA) is 123 Å². The fourth-order valence-corrected chi connectivity index (χ4v) is 4.97. The number of aryl methyl sites for hydroxylation is 1. The van der Waals surface area contributed by atoms with Gasteiger partial charge in [-0.05, 0) is 44.5 Å². The second-order valence-corrected chi connectivity index (χ2v) is 9.17. The molecular formula is C22H27FN2O7S. The smallest absolute Gasteiger partial charge is 0.339 e. The molecule has 0 aliphatic rings. The number of hydrogen-bond acceptors (Lipinski definition) is 7. The zero-order valence-electron chi connectivity index (χ0n) is 19.3. The van der Waals surface area contributed by atoms with Crippen LogP contribution in [0.4, 0.5) is 4.39 Å². The van der Waals surface area contributed by atoms with Gasteiger partial charge in [-0.2, -0.15) is 4.31 Å². The van der Waals surface area contributed by atoms with Gasteiger partial charge in [-0.15, -0.1) is 0 Å². The average Bonchev–Trinajstić information content (AvgIpc) is 3.07. The number of nitrogens with zero attached hydrogens (tertiary/aromatic N) is 1. The normalized spacial score (nSPS) is 12.5. The van der Waals surface area contributed by atoms with Crippen molar-refractivity contribution in [3.63, 3.8) is 0 Å². The van der Waals surface area contributed by atoms with Gasteiger partial charge in [-0.1, -0.05) is 13.8 Å². The van der Waals surface area contributed by atoms with Gasteiger partial charge in [-0.3, -0.25) is 4.79 Å². The molecule has 0 saturated heterocycles. The van der Waals surface area contributed by atoms with Crippen molar-refractivity contribution in [3.8, 4) is 0 Å². The van der Waals surface area contributed by atoms with Crippen LogP contribution >= 0.6 is 0 Å². The molecule has 0 fully saturated rings. The number of esters is 2. The summed E-state index contributed by atoms with van der Waals surface area (Å²) in [6, 6.07) is 2.83. The molecule has 11 heteroatoms. The minimum atomic E-state index is -4.16. The van der Waals surface area contributed by atoms with Crippen molar-refractivity contribution in [1.82, 2.24) is 9.29 Å². The van der Waals surface area contributed by atoms with Crippen LogP contribution in [0.1, 0.15) is 63.2 Å². The molecule has 1 unspecified atom stereocenters. The predicted molar refractivity (Wildman–Crippen MR) is 117 cm³/mol. The maximum Gasteiger partial charge on any atom is 0.339 e. The van der Waals surface area contributed by atoms with Crippen LogP contribution in [0.25, 0.3) is 0 Å². The zero-order valence-corrected chi connectivity index (χ0v) is 20.1. The lowest BCUT2D eigenvalue weighted by atomic mass is 10.1. The zero-order chi connectivity index (χ0) is 25.1. The number of benzene rings is 1. The number of H-pyrrole nitrogens is 1. The van der Waals surface area contributed by atoms with Crippen LogP contribution in [0, 0.1) is 19.7 Å². The molecule has 9 nitrogen and oxygen atoms in total. The first-order valence-electron chi connectivity index (χ1n) is 10.2. The average molecular weight is 483 g/mol. The number of sulfonamides is 1. The Morgan fingerprint density at radius 2 is 1.73 bits per heavy atom. The molecule has 1 N–H and O–H groups in total. The summed E-state index contributed by atoms with van der Waals surface area (Å²) in [6.45, 7) is 7.97. The van der Waals surface area contributed by atoms with E-state index in [1.54, 1.807) is 27.7 Å². The second-order valence-electron chi connectivity index (χ2n) is 7.26. The molecule has 180 valence electrons. The van der Waals surface area contributed by atoms with E-state index < -0.39 is 44.6 Å². The molecule has 2 rings (SSSR count). The first-order chi connectivity index (χ1) is 15.4. The Labute approximate surface area is 191 Å². The van der Waals surface area contributed by atoms with Crippen molar-refractivity contribution in [1.29, 1.82) is 0 Å². The number of halogens is 1. The van der Waals surface area contributed by atoms with E-state index in [1.165, 1.54) is 14.0 Å². The lowest BCUT2D eigenvalue weighted by Gasteiger charge is -2.19. The van der Waals surface area contributed by atoms with E-state index in [-0.39, 0.29) is 29.9 Å². The molecule has 0 aliphatic heterocycles. The number of aromatic nitrogens is 1. The summed E-state index contributed by atoms with van der Waals surface area (Å²) >= 11 is 0. The van der Waals surface area contributed by atoms with Gasteiger partial charge in [-0.25, -0.2) is 22.4 Å². The van der Waals surface area contributed by atoms with E-state index >= 15 is 0 Å². The minimum absolute atomic E-state index is 0.0807. The van der Waals surface area contributed by atoms with Gasteiger partial charge in [0, 0.05) is 18.8 Å². The molecular weight excluding hydrogens is 455 g/mol. The molecule has 1 aromatic carbocycles. The minimum Gasteiger partial charge on any atom is -0.465 e. The summed E-state index contributed by atoms with van der Waals surface area (Å²) < 4.78 is 50.7. The summed E-state index contributed by atoms with van der Waals surface area (Å²) in [5, 5.41) is 0. The van der Waals surface area contributed by atoms with Gasteiger partial charge in [0.1, 0.15) is 10.7 Å². The van der Waals surface area contributed by atoms with E-state index in [9.17, 15) is 27.2 Å². The third kappa shape index (κ3) is 5.14. The van der Waals surface area contributed by atoms with Crippen LogP contribution in [0.5, 0.6) is 0 Å². The molecule has 1 heterocycles. The lowest BCUT2D eigenvalue weighted by Crippen LogP contribution is -2.31. The SMILES string of the molecule is CCN(CC)S(=O)(=O)c1cc(C(=O)OC(C)C(=O)c2[nH]c(C)c(C(=O)OC)c2C)ccc1F. The predicted octanol–water partition coefficient (Wildman–Crippen LogP) is 3.02. The molecule has 0 amide bonds. The van der Waals surface area contributed by atoms with Gasteiger partial charge in [0.15, 0.2) is 6.10 Å². The molecule has 0 radical (unpaired) electrons. The largest absolute Gasteiger partial charge is 0.465 e. The summed E-state index contributed by atoms with van der Waals surface area (Å²) in [5.74, 6) is -3.22. The van der Waals surface area contributed by atoms with E-state index in [0.717, 1.165) is 22.5 Å². The van der Waals surface area contributed by atoms with Crippen LogP contribution in [0.3, 0.4) is 0 Å². The third-order valence-electron chi connectivity index (χ3n) is 5.22. The molecule has 2 aromatic rings. The van der Waals surface area contributed by atoms with Crippen molar-refractivity contribution < 1.29 is 36.7 Å². The Balaban J connectivity index is 2.31. The Morgan fingerprint density at radius 1 is 1.12 bits per heavy atom. The van der Waals surface area contributed by atoms with Gasteiger partial charge in [0.25, 0.3) is 0 Å². The molecule has 1 aromatic heterocycles. The third-order valence-corrected chi connectivity index (χ3v) is 7.28. The van der Waals surface area contributed by atoms with Crippen LogP contribution in [-0.4, -0.2) is 61.7 Å². The quantitative estimate of drug-likeness (QED) is 0.430. The molecule has 0 bridgehead atoms. The Bertz CT molecular complexity index is 1180.